The van der Waals surface area contributed by atoms with E-state index >= 15 is 0 Å². The highest BCUT2D eigenvalue weighted by atomic mass is 16.1. The molecule has 4 nitrogen and oxygen atoms in total. The van der Waals surface area contributed by atoms with E-state index in [1.54, 1.807) is 0 Å². The van der Waals surface area contributed by atoms with Crippen LogP contribution in [0.2, 0.25) is 0 Å². The summed E-state index contributed by atoms with van der Waals surface area (Å²) >= 11 is 0. The fraction of sp³-hybridized carbons (Fsp3) is 0.286. The van der Waals surface area contributed by atoms with Gasteiger partial charge in [0.25, 0.3) is 0 Å². The molecule has 1 aromatic heterocycles. The average Bonchev–Trinajstić information content (AvgIpc) is 3.05. The second-order valence-electron chi connectivity index (χ2n) is 6.75. The Hall–Kier alpha value is -2.59. The summed E-state index contributed by atoms with van der Waals surface area (Å²) in [6.45, 7) is 4.59. The van der Waals surface area contributed by atoms with Crippen molar-refractivity contribution in [3.8, 4) is 0 Å². The van der Waals surface area contributed by atoms with E-state index < -0.39 is 0 Å². The number of fused-ring (bicyclic) bond motifs is 2. The second kappa shape index (κ2) is 6.37. The molecule has 25 heavy (non-hydrogen) atoms. The summed E-state index contributed by atoms with van der Waals surface area (Å²) in [4.78, 5) is 14.3. The van der Waals surface area contributed by atoms with Crippen molar-refractivity contribution in [3.05, 3.63) is 71.4 Å². The van der Waals surface area contributed by atoms with E-state index in [2.05, 4.69) is 65.1 Å². The zero-order valence-corrected chi connectivity index (χ0v) is 14.5. The minimum atomic E-state index is -0.251. The molecule has 4 heteroatoms. The van der Waals surface area contributed by atoms with Gasteiger partial charge in [-0.1, -0.05) is 36.4 Å². The van der Waals surface area contributed by atoms with Crippen molar-refractivity contribution in [3.63, 3.8) is 0 Å². The summed E-state index contributed by atoms with van der Waals surface area (Å²) in [5, 5.41) is 1.26. The number of primary amides is 1. The average molecular weight is 333 g/mol. The lowest BCUT2D eigenvalue weighted by molar-refractivity contribution is -0.124. The van der Waals surface area contributed by atoms with E-state index in [1.165, 1.54) is 27.6 Å². The lowest BCUT2D eigenvalue weighted by Gasteiger charge is -2.35. The van der Waals surface area contributed by atoms with Crippen LogP contribution >= 0.6 is 0 Å². The van der Waals surface area contributed by atoms with Crippen LogP contribution in [0.15, 0.2) is 54.7 Å². The van der Waals surface area contributed by atoms with Crippen molar-refractivity contribution in [1.29, 1.82) is 0 Å². The molecule has 0 saturated heterocycles. The molecule has 1 aliphatic heterocycles. The van der Waals surface area contributed by atoms with Crippen molar-refractivity contribution in [1.82, 2.24) is 9.47 Å². The van der Waals surface area contributed by atoms with Crippen LogP contribution in [-0.4, -0.2) is 21.4 Å². The number of nitrogens with two attached hydrogens (primary N) is 1. The molecule has 0 unspecified atom stereocenters. The summed E-state index contributed by atoms with van der Waals surface area (Å²) in [6, 6.07) is 16.7. The third-order valence-electron chi connectivity index (χ3n) is 5.29. The minimum absolute atomic E-state index is 0.243. The Kier molecular flexibility index (Phi) is 4.06. The van der Waals surface area contributed by atoms with Crippen molar-refractivity contribution in [2.45, 2.75) is 39.0 Å². The third-order valence-corrected chi connectivity index (χ3v) is 5.29. The molecule has 2 aromatic carbocycles. The largest absolute Gasteiger partial charge is 0.368 e. The number of carbonyl (C=O) groups is 1. The van der Waals surface area contributed by atoms with Gasteiger partial charge in [-0.3, -0.25) is 9.69 Å². The number of aryl methyl sites for hydroxylation is 1. The summed E-state index contributed by atoms with van der Waals surface area (Å²) in [5.74, 6) is -0.243. The van der Waals surface area contributed by atoms with Crippen molar-refractivity contribution >= 4 is 16.8 Å². The van der Waals surface area contributed by atoms with Crippen LogP contribution in [0.3, 0.4) is 0 Å². The molecule has 1 amide bonds. The van der Waals surface area contributed by atoms with Gasteiger partial charge >= 0.3 is 0 Å². The number of benzene rings is 2. The Bertz CT molecular complexity index is 928. The van der Waals surface area contributed by atoms with Crippen molar-refractivity contribution in [2.24, 2.45) is 5.73 Å². The summed E-state index contributed by atoms with van der Waals surface area (Å²) in [5.41, 5.74) is 10.7. The number of rotatable bonds is 4. The highest BCUT2D eigenvalue weighted by molar-refractivity contribution is 5.84. The topological polar surface area (TPSA) is 51.3 Å². The lowest BCUT2D eigenvalue weighted by Crippen LogP contribution is -2.48. The van der Waals surface area contributed by atoms with Gasteiger partial charge in [0.1, 0.15) is 0 Å². The number of nitrogens with zero attached hydrogens (tertiary/aromatic N) is 2. The van der Waals surface area contributed by atoms with Crippen LogP contribution in [-0.2, 0) is 30.8 Å². The van der Waals surface area contributed by atoms with Gasteiger partial charge in [-0.2, -0.15) is 0 Å². The normalized spacial score (nSPS) is 17.6. The van der Waals surface area contributed by atoms with E-state index in [0.29, 0.717) is 6.42 Å². The van der Waals surface area contributed by atoms with Crippen LogP contribution in [0.5, 0.6) is 0 Å². The number of aromatic nitrogens is 1. The fourth-order valence-corrected chi connectivity index (χ4v) is 3.94. The van der Waals surface area contributed by atoms with E-state index in [9.17, 15) is 4.79 Å². The molecule has 3 aromatic rings. The molecule has 0 saturated carbocycles. The van der Waals surface area contributed by atoms with Gasteiger partial charge < -0.3 is 10.3 Å². The van der Waals surface area contributed by atoms with Gasteiger partial charge in [-0.25, -0.2) is 0 Å². The van der Waals surface area contributed by atoms with Gasteiger partial charge in [0.2, 0.25) is 5.91 Å². The third kappa shape index (κ3) is 2.83. The summed E-state index contributed by atoms with van der Waals surface area (Å²) < 4.78 is 2.25. The van der Waals surface area contributed by atoms with E-state index in [-0.39, 0.29) is 11.9 Å². The lowest BCUT2D eigenvalue weighted by atomic mass is 9.93. The predicted molar refractivity (Wildman–Crippen MR) is 100.0 cm³/mol. The molecule has 128 valence electrons. The van der Waals surface area contributed by atoms with Crippen molar-refractivity contribution in [2.75, 3.05) is 0 Å². The molecular formula is C21H23N3O. The second-order valence-corrected chi connectivity index (χ2v) is 6.75. The highest BCUT2D eigenvalue weighted by Gasteiger charge is 2.30. The Morgan fingerprint density at radius 3 is 2.68 bits per heavy atom. The van der Waals surface area contributed by atoms with Crippen LogP contribution in [0.4, 0.5) is 0 Å². The molecule has 0 fully saturated rings. The Morgan fingerprint density at radius 1 is 1.12 bits per heavy atom. The van der Waals surface area contributed by atoms with Crippen LogP contribution in [0, 0.1) is 0 Å². The number of hydrogen-bond acceptors (Lipinski definition) is 2. The van der Waals surface area contributed by atoms with Crippen LogP contribution < -0.4 is 5.73 Å². The maximum absolute atomic E-state index is 12.1. The zero-order chi connectivity index (χ0) is 17.4. The Morgan fingerprint density at radius 2 is 1.92 bits per heavy atom. The molecule has 0 spiro atoms. The molecule has 0 radical (unpaired) electrons. The molecule has 1 aliphatic rings. The zero-order valence-electron chi connectivity index (χ0n) is 14.5. The first-order valence-electron chi connectivity index (χ1n) is 8.84. The van der Waals surface area contributed by atoms with Crippen molar-refractivity contribution < 1.29 is 4.79 Å². The van der Waals surface area contributed by atoms with Gasteiger partial charge in [-0.15, -0.1) is 0 Å². The van der Waals surface area contributed by atoms with Gasteiger partial charge in [-0.05, 0) is 42.2 Å². The van der Waals surface area contributed by atoms with Gasteiger partial charge in [0.05, 0.1) is 6.04 Å². The van der Waals surface area contributed by atoms with E-state index in [1.807, 2.05) is 6.07 Å². The first-order chi connectivity index (χ1) is 12.2. The van der Waals surface area contributed by atoms with Gasteiger partial charge in [0.15, 0.2) is 0 Å². The number of hydrogen-bond donors (Lipinski definition) is 1. The van der Waals surface area contributed by atoms with Gasteiger partial charge in [0, 0.05) is 36.7 Å². The molecule has 1 atom stereocenters. The molecule has 0 bridgehead atoms. The van der Waals surface area contributed by atoms with E-state index in [0.717, 1.165) is 19.6 Å². The molecule has 0 aliphatic carbocycles. The number of amides is 1. The maximum Gasteiger partial charge on any atom is 0.235 e. The fourth-order valence-electron chi connectivity index (χ4n) is 3.94. The quantitative estimate of drug-likeness (QED) is 0.798. The van der Waals surface area contributed by atoms with E-state index in [4.69, 9.17) is 5.73 Å². The highest BCUT2D eigenvalue weighted by Crippen LogP contribution is 2.27. The smallest absolute Gasteiger partial charge is 0.235 e. The first kappa shape index (κ1) is 15.9. The molecular weight excluding hydrogens is 310 g/mol. The predicted octanol–water partition coefficient (Wildman–Crippen LogP) is 3.07. The Balaban J connectivity index is 1.69. The maximum atomic E-state index is 12.1. The SMILES string of the molecule is CCn1ccc2c(CN3Cc4ccccc4C[C@@H]3C(N)=O)cccc21. The summed E-state index contributed by atoms with van der Waals surface area (Å²) in [7, 11) is 0. The minimum Gasteiger partial charge on any atom is -0.368 e. The standard InChI is InChI=1S/C21H23N3O/c1-2-23-11-10-18-17(8-5-9-19(18)23)14-24-13-16-7-4-3-6-15(16)12-20(24)21(22)25/h3-11,20H,2,12-14H2,1H3,(H2,22,25)/t20-/m1/s1. The molecule has 2 N–H and O–H groups in total. The monoisotopic (exact) mass is 333 g/mol. The first-order valence-corrected chi connectivity index (χ1v) is 8.84. The Labute approximate surface area is 147 Å². The summed E-state index contributed by atoms with van der Waals surface area (Å²) in [6.07, 6.45) is 2.82. The molecule has 4 rings (SSSR count). The van der Waals surface area contributed by atoms with Crippen LogP contribution in [0.1, 0.15) is 23.6 Å². The number of carbonyl (C=O) groups excluding carboxylic acids is 1. The van der Waals surface area contributed by atoms with Crippen LogP contribution in [0.25, 0.3) is 10.9 Å². The molecule has 2 heterocycles.